The Balaban J connectivity index is 2.48. The van der Waals surface area contributed by atoms with Crippen molar-refractivity contribution in [1.29, 1.82) is 0 Å². The summed E-state index contributed by atoms with van der Waals surface area (Å²) < 4.78 is 2.70. The number of carbonyl (C=O) groups excluding carboxylic acids is 1. The number of hydrogen-bond acceptors (Lipinski definition) is 3. The highest BCUT2D eigenvalue weighted by molar-refractivity contribution is 9.11. The summed E-state index contributed by atoms with van der Waals surface area (Å²) >= 11 is 10.3. The monoisotopic (exact) mass is 495 g/mol. The molecule has 4 nitrogen and oxygen atoms in total. The van der Waals surface area contributed by atoms with E-state index in [1.807, 2.05) is 19.1 Å². The van der Waals surface area contributed by atoms with Crippen LogP contribution in [0.15, 0.2) is 30.7 Å². The fourth-order valence-corrected chi connectivity index (χ4v) is 4.17. The quantitative estimate of drug-likeness (QED) is 0.396. The third-order valence-electron chi connectivity index (χ3n) is 2.89. The predicted molar refractivity (Wildman–Crippen MR) is 103 cm³/mol. The number of rotatable bonds is 7. The van der Waals surface area contributed by atoms with Crippen LogP contribution in [0.1, 0.15) is 33.6 Å². The summed E-state index contributed by atoms with van der Waals surface area (Å²) in [7, 11) is 0. The molecule has 1 aromatic rings. The molecule has 0 fully saturated rings. The summed E-state index contributed by atoms with van der Waals surface area (Å²) in [5.74, 6) is 0.459. The molecule has 22 heavy (non-hydrogen) atoms. The average molecular weight is 498 g/mol. The van der Waals surface area contributed by atoms with Crippen LogP contribution >= 0.6 is 47.8 Å². The molecule has 0 aliphatic heterocycles. The Bertz CT molecular complexity index is 536. The molecular weight excluding hydrogens is 478 g/mol. The van der Waals surface area contributed by atoms with Gasteiger partial charge < -0.3 is 5.32 Å². The van der Waals surface area contributed by atoms with E-state index < -0.39 is 0 Å². The maximum atomic E-state index is 11.8. The van der Waals surface area contributed by atoms with Gasteiger partial charge in [0.25, 0.3) is 5.91 Å². The Morgan fingerprint density at radius 1 is 1.23 bits per heavy atom. The third-order valence-corrected chi connectivity index (χ3v) is 4.60. The molecule has 0 unspecified atom stereocenters. The molecule has 0 aromatic heterocycles. The number of amides is 1. The molecule has 1 amide bonds. The topological polar surface area (TPSA) is 53.5 Å². The number of hydrogen-bond donors (Lipinski definition) is 2. The van der Waals surface area contributed by atoms with Gasteiger partial charge in [-0.15, -0.1) is 0 Å². The predicted octanol–water partition coefficient (Wildman–Crippen LogP) is 5.31. The van der Waals surface area contributed by atoms with E-state index in [9.17, 15) is 4.79 Å². The number of nitrogens with one attached hydrogen (secondary N) is 2. The van der Waals surface area contributed by atoms with Gasteiger partial charge in [-0.3, -0.25) is 4.79 Å². The van der Waals surface area contributed by atoms with Gasteiger partial charge in [0.2, 0.25) is 0 Å². The lowest BCUT2D eigenvalue weighted by atomic mass is 10.1. The second-order valence-corrected chi connectivity index (χ2v) is 8.04. The lowest BCUT2D eigenvalue weighted by Crippen LogP contribution is -2.26. The first kappa shape index (κ1) is 19.6. The molecule has 1 aromatic carbocycles. The fourth-order valence-electron chi connectivity index (χ4n) is 1.63. The lowest BCUT2D eigenvalue weighted by molar-refractivity contribution is -0.119. The Hall–Kier alpha value is -0.400. The highest BCUT2D eigenvalue weighted by atomic mass is 79.9. The van der Waals surface area contributed by atoms with Gasteiger partial charge >= 0.3 is 0 Å². The van der Waals surface area contributed by atoms with Gasteiger partial charge in [-0.2, -0.15) is 5.10 Å². The number of nitrogens with zero attached hydrogens (tertiary/aromatic N) is 1. The zero-order valence-corrected chi connectivity index (χ0v) is 17.6. The molecule has 0 saturated heterocycles. The minimum Gasteiger partial charge on any atom is -0.374 e. The number of hydrazone groups is 1. The standard InChI is InChI=1S/C15H20Br3N3O/c1-9(2)4-5-10(3)20-21-14(22)8-19-15-12(17)6-11(16)7-13(15)18/h6-7,9,19H,4-5,8H2,1-3H3,(H,21,22)/b20-10-. The van der Waals surface area contributed by atoms with Gasteiger partial charge in [0.1, 0.15) is 0 Å². The summed E-state index contributed by atoms with van der Waals surface area (Å²) in [5, 5.41) is 7.20. The Morgan fingerprint density at radius 3 is 2.36 bits per heavy atom. The van der Waals surface area contributed by atoms with Crippen LogP contribution in [0.25, 0.3) is 0 Å². The van der Waals surface area contributed by atoms with Crippen molar-refractivity contribution in [3.05, 3.63) is 25.6 Å². The maximum Gasteiger partial charge on any atom is 0.259 e. The van der Waals surface area contributed by atoms with E-state index >= 15 is 0 Å². The Kier molecular flexibility index (Phi) is 8.64. The van der Waals surface area contributed by atoms with Crippen LogP contribution in [-0.2, 0) is 4.79 Å². The molecule has 0 heterocycles. The summed E-state index contributed by atoms with van der Waals surface area (Å²) in [6.45, 7) is 6.42. The molecule has 0 saturated carbocycles. The molecular formula is C15H20Br3N3O. The lowest BCUT2D eigenvalue weighted by Gasteiger charge is -2.11. The summed E-state index contributed by atoms with van der Waals surface area (Å²) in [5.41, 5.74) is 4.34. The van der Waals surface area contributed by atoms with Crippen molar-refractivity contribution in [2.45, 2.75) is 33.6 Å². The van der Waals surface area contributed by atoms with E-state index in [4.69, 9.17) is 0 Å². The molecule has 122 valence electrons. The second kappa shape index (κ2) is 9.67. The van der Waals surface area contributed by atoms with E-state index in [2.05, 4.69) is 77.5 Å². The second-order valence-electron chi connectivity index (χ2n) is 5.41. The number of halogens is 3. The van der Waals surface area contributed by atoms with Crippen molar-refractivity contribution in [3.63, 3.8) is 0 Å². The summed E-state index contributed by atoms with van der Waals surface area (Å²) in [6, 6.07) is 3.83. The highest BCUT2D eigenvalue weighted by Crippen LogP contribution is 2.34. The average Bonchev–Trinajstić information content (AvgIpc) is 2.41. The third kappa shape index (κ3) is 7.24. The minimum atomic E-state index is -0.175. The first-order valence-electron chi connectivity index (χ1n) is 7.00. The van der Waals surface area contributed by atoms with Crippen LogP contribution in [0, 0.1) is 5.92 Å². The molecule has 0 aliphatic carbocycles. The molecule has 0 aliphatic rings. The van der Waals surface area contributed by atoms with Crippen molar-refractivity contribution >= 4 is 65.1 Å². The van der Waals surface area contributed by atoms with Crippen molar-refractivity contribution in [3.8, 4) is 0 Å². The smallest absolute Gasteiger partial charge is 0.259 e. The van der Waals surface area contributed by atoms with Crippen molar-refractivity contribution in [2.24, 2.45) is 11.0 Å². The Morgan fingerprint density at radius 2 is 1.82 bits per heavy atom. The summed E-state index contributed by atoms with van der Waals surface area (Å²) in [4.78, 5) is 11.8. The molecule has 7 heteroatoms. The van der Waals surface area contributed by atoms with E-state index in [0.717, 1.165) is 37.7 Å². The van der Waals surface area contributed by atoms with Crippen molar-refractivity contribution in [1.82, 2.24) is 5.43 Å². The first-order chi connectivity index (χ1) is 10.3. The number of carbonyl (C=O) groups is 1. The van der Waals surface area contributed by atoms with Crippen LogP contribution in [0.2, 0.25) is 0 Å². The zero-order valence-electron chi connectivity index (χ0n) is 12.8. The van der Waals surface area contributed by atoms with Gasteiger partial charge in [0.15, 0.2) is 0 Å². The molecule has 1 rings (SSSR count). The number of benzene rings is 1. The van der Waals surface area contributed by atoms with Crippen molar-refractivity contribution in [2.75, 3.05) is 11.9 Å². The van der Waals surface area contributed by atoms with E-state index in [1.54, 1.807) is 0 Å². The van der Waals surface area contributed by atoms with Gasteiger partial charge in [0.05, 0.1) is 12.2 Å². The van der Waals surface area contributed by atoms with E-state index in [-0.39, 0.29) is 12.5 Å². The van der Waals surface area contributed by atoms with Crippen LogP contribution < -0.4 is 10.7 Å². The van der Waals surface area contributed by atoms with Gasteiger partial charge in [-0.25, -0.2) is 5.43 Å². The highest BCUT2D eigenvalue weighted by Gasteiger charge is 2.08. The SMILES string of the molecule is C/C(CCC(C)C)=N/NC(=O)CNc1c(Br)cc(Br)cc1Br. The molecule has 0 spiro atoms. The van der Waals surface area contributed by atoms with Gasteiger partial charge in [-0.1, -0.05) is 29.8 Å². The van der Waals surface area contributed by atoms with E-state index in [1.165, 1.54) is 0 Å². The Labute approximate surface area is 156 Å². The van der Waals surface area contributed by atoms with Crippen molar-refractivity contribution < 1.29 is 4.79 Å². The normalized spacial score (nSPS) is 11.7. The fraction of sp³-hybridized carbons (Fsp3) is 0.467. The molecule has 0 bridgehead atoms. The van der Waals surface area contributed by atoms with Crippen LogP contribution in [0.5, 0.6) is 0 Å². The van der Waals surface area contributed by atoms with Gasteiger partial charge in [0, 0.05) is 19.1 Å². The van der Waals surface area contributed by atoms with Crippen LogP contribution in [0.4, 0.5) is 5.69 Å². The van der Waals surface area contributed by atoms with Crippen LogP contribution in [-0.4, -0.2) is 18.2 Å². The van der Waals surface area contributed by atoms with Crippen LogP contribution in [0.3, 0.4) is 0 Å². The molecule has 2 N–H and O–H groups in total. The zero-order chi connectivity index (χ0) is 16.7. The molecule has 0 radical (unpaired) electrons. The molecule has 0 atom stereocenters. The minimum absolute atomic E-state index is 0.153. The first-order valence-corrected chi connectivity index (χ1v) is 9.38. The van der Waals surface area contributed by atoms with E-state index in [0.29, 0.717) is 5.92 Å². The summed E-state index contributed by atoms with van der Waals surface area (Å²) in [6.07, 6.45) is 1.97. The number of anilines is 1. The maximum absolute atomic E-state index is 11.8. The van der Waals surface area contributed by atoms with Gasteiger partial charge in [-0.05, 0) is 69.7 Å². The largest absolute Gasteiger partial charge is 0.374 e.